The van der Waals surface area contributed by atoms with Crippen molar-refractivity contribution in [1.82, 2.24) is 14.7 Å². The summed E-state index contributed by atoms with van der Waals surface area (Å²) in [6.45, 7) is 5.46. The molecule has 2 aromatic rings. The van der Waals surface area contributed by atoms with Crippen molar-refractivity contribution in [3.63, 3.8) is 0 Å². The Morgan fingerprint density at radius 3 is 2.58 bits per heavy atom. The zero-order valence-electron chi connectivity index (χ0n) is 15.5. The number of aromatic nitrogens is 2. The molecule has 0 radical (unpaired) electrons. The van der Waals surface area contributed by atoms with Crippen LogP contribution in [0.4, 0.5) is 16.3 Å². The summed E-state index contributed by atoms with van der Waals surface area (Å²) in [4.78, 5) is 27.1. The molecule has 3 amide bonds. The van der Waals surface area contributed by atoms with E-state index in [1.165, 1.54) is 0 Å². The van der Waals surface area contributed by atoms with Crippen LogP contribution in [0.1, 0.15) is 41.4 Å². The molecule has 0 unspecified atom stereocenters. The van der Waals surface area contributed by atoms with E-state index in [0.29, 0.717) is 17.1 Å². The fourth-order valence-corrected chi connectivity index (χ4v) is 3.30. The van der Waals surface area contributed by atoms with Crippen molar-refractivity contribution in [2.75, 3.05) is 23.7 Å². The molecule has 0 spiro atoms. The quantitative estimate of drug-likeness (QED) is 0.884. The van der Waals surface area contributed by atoms with Crippen LogP contribution in [0.15, 0.2) is 24.3 Å². The van der Waals surface area contributed by atoms with Gasteiger partial charge in [0.05, 0.1) is 11.3 Å². The number of hydrogen-bond acceptors (Lipinski definition) is 3. The Morgan fingerprint density at radius 1 is 1.19 bits per heavy atom. The molecule has 7 heteroatoms. The van der Waals surface area contributed by atoms with Crippen LogP contribution in [0.3, 0.4) is 0 Å². The molecule has 138 valence electrons. The average Bonchev–Trinajstić information content (AvgIpc) is 3.24. The summed E-state index contributed by atoms with van der Waals surface area (Å²) in [5, 5.41) is 9.81. The summed E-state index contributed by atoms with van der Waals surface area (Å²) >= 11 is 0. The maximum atomic E-state index is 12.9. The first kappa shape index (κ1) is 18.0. The summed E-state index contributed by atoms with van der Waals surface area (Å²) < 4.78 is 1.74. The van der Waals surface area contributed by atoms with Gasteiger partial charge in [0.25, 0.3) is 5.91 Å². The first-order valence-electron chi connectivity index (χ1n) is 8.99. The van der Waals surface area contributed by atoms with Crippen LogP contribution in [-0.4, -0.2) is 39.7 Å². The van der Waals surface area contributed by atoms with Crippen LogP contribution < -0.4 is 10.6 Å². The van der Waals surface area contributed by atoms with Gasteiger partial charge in [-0.15, -0.1) is 0 Å². The highest BCUT2D eigenvalue weighted by atomic mass is 16.2. The first-order valence-corrected chi connectivity index (χ1v) is 8.99. The minimum absolute atomic E-state index is 0.0259. The highest BCUT2D eigenvalue weighted by Crippen LogP contribution is 2.24. The van der Waals surface area contributed by atoms with E-state index in [4.69, 9.17) is 0 Å². The predicted molar refractivity (Wildman–Crippen MR) is 102 cm³/mol. The van der Waals surface area contributed by atoms with Gasteiger partial charge in [0.1, 0.15) is 0 Å². The van der Waals surface area contributed by atoms with Gasteiger partial charge in [-0.05, 0) is 37.8 Å². The van der Waals surface area contributed by atoms with E-state index < -0.39 is 6.03 Å². The summed E-state index contributed by atoms with van der Waals surface area (Å²) in [6.07, 6.45) is 2.89. The van der Waals surface area contributed by atoms with Crippen LogP contribution in [0.25, 0.3) is 0 Å². The van der Waals surface area contributed by atoms with Gasteiger partial charge in [0, 0.05) is 31.9 Å². The van der Waals surface area contributed by atoms with Crippen LogP contribution in [-0.2, 0) is 13.5 Å². The van der Waals surface area contributed by atoms with Gasteiger partial charge in [-0.1, -0.05) is 19.1 Å². The standard InChI is InChI=1S/C19H25N5O2/c1-4-14-12-16(22-23(14)3)21-19(26)20-15-9-7-8-13(2)17(15)18(25)24-10-5-6-11-24/h7-9,12H,4-6,10-11H2,1-3H3,(H2,20,21,22,26). The molecule has 3 rings (SSSR count). The fraction of sp³-hybridized carbons (Fsp3) is 0.421. The lowest BCUT2D eigenvalue weighted by molar-refractivity contribution is 0.0793. The van der Waals surface area contributed by atoms with E-state index in [1.54, 1.807) is 10.7 Å². The number of amides is 3. The van der Waals surface area contributed by atoms with E-state index in [2.05, 4.69) is 15.7 Å². The summed E-state index contributed by atoms with van der Waals surface area (Å²) in [7, 11) is 1.84. The van der Waals surface area contributed by atoms with Crippen molar-refractivity contribution in [3.05, 3.63) is 41.1 Å². The Morgan fingerprint density at radius 2 is 1.92 bits per heavy atom. The zero-order valence-corrected chi connectivity index (χ0v) is 15.5. The van der Waals surface area contributed by atoms with Crippen molar-refractivity contribution < 1.29 is 9.59 Å². The molecule has 7 nitrogen and oxygen atoms in total. The number of likely N-dealkylation sites (tertiary alicyclic amines) is 1. The van der Waals surface area contributed by atoms with E-state index in [9.17, 15) is 9.59 Å². The number of hydrogen-bond donors (Lipinski definition) is 2. The molecule has 2 heterocycles. The third-order valence-electron chi connectivity index (χ3n) is 4.71. The number of benzene rings is 1. The fourth-order valence-electron chi connectivity index (χ4n) is 3.30. The van der Waals surface area contributed by atoms with Gasteiger partial charge in [-0.3, -0.25) is 14.8 Å². The molecule has 1 aliphatic heterocycles. The summed E-state index contributed by atoms with van der Waals surface area (Å²) in [6, 6.07) is 6.91. The number of rotatable bonds is 4. The Hall–Kier alpha value is -2.83. The number of nitrogens with one attached hydrogen (secondary N) is 2. The number of anilines is 2. The molecule has 1 aromatic carbocycles. The van der Waals surface area contributed by atoms with Crippen LogP contribution in [0.2, 0.25) is 0 Å². The van der Waals surface area contributed by atoms with Crippen molar-refractivity contribution >= 4 is 23.4 Å². The van der Waals surface area contributed by atoms with Gasteiger partial charge < -0.3 is 10.2 Å². The Bertz CT molecular complexity index is 821. The number of carbonyl (C=O) groups excluding carboxylic acids is 2. The number of nitrogens with zero attached hydrogens (tertiary/aromatic N) is 3. The molecule has 1 aromatic heterocycles. The van der Waals surface area contributed by atoms with E-state index >= 15 is 0 Å². The third-order valence-corrected chi connectivity index (χ3v) is 4.71. The lowest BCUT2D eigenvalue weighted by Crippen LogP contribution is -2.30. The van der Waals surface area contributed by atoms with E-state index in [-0.39, 0.29) is 5.91 Å². The maximum absolute atomic E-state index is 12.9. The monoisotopic (exact) mass is 355 g/mol. The third kappa shape index (κ3) is 3.71. The second kappa shape index (κ2) is 7.59. The first-order chi connectivity index (χ1) is 12.5. The van der Waals surface area contributed by atoms with Crippen molar-refractivity contribution in [1.29, 1.82) is 0 Å². The second-order valence-electron chi connectivity index (χ2n) is 6.57. The molecular weight excluding hydrogens is 330 g/mol. The van der Waals surface area contributed by atoms with Gasteiger partial charge in [-0.25, -0.2) is 4.79 Å². The molecule has 0 saturated carbocycles. The summed E-state index contributed by atoms with van der Waals surface area (Å²) in [5.74, 6) is 0.462. The Labute approximate surface area is 153 Å². The molecule has 2 N–H and O–H groups in total. The van der Waals surface area contributed by atoms with Crippen LogP contribution in [0, 0.1) is 6.92 Å². The number of urea groups is 1. The van der Waals surface area contributed by atoms with Gasteiger partial charge in [0.15, 0.2) is 5.82 Å². The largest absolute Gasteiger partial charge is 0.339 e. The van der Waals surface area contributed by atoms with Gasteiger partial charge >= 0.3 is 6.03 Å². The van der Waals surface area contributed by atoms with Crippen LogP contribution >= 0.6 is 0 Å². The van der Waals surface area contributed by atoms with Crippen molar-refractivity contribution in [2.45, 2.75) is 33.1 Å². The lowest BCUT2D eigenvalue weighted by atomic mass is 10.1. The predicted octanol–water partition coefficient (Wildman–Crippen LogP) is 3.17. The normalized spacial score (nSPS) is 13.7. The zero-order chi connectivity index (χ0) is 18.7. The molecule has 1 fully saturated rings. The lowest BCUT2D eigenvalue weighted by Gasteiger charge is -2.19. The minimum atomic E-state index is -0.410. The van der Waals surface area contributed by atoms with Gasteiger partial charge in [-0.2, -0.15) is 5.10 Å². The molecule has 0 aliphatic carbocycles. The van der Waals surface area contributed by atoms with Gasteiger partial charge in [0.2, 0.25) is 0 Å². The second-order valence-corrected chi connectivity index (χ2v) is 6.57. The van der Waals surface area contributed by atoms with Crippen molar-refractivity contribution in [2.24, 2.45) is 7.05 Å². The smallest absolute Gasteiger partial charge is 0.324 e. The Balaban J connectivity index is 1.77. The highest BCUT2D eigenvalue weighted by Gasteiger charge is 2.24. The maximum Gasteiger partial charge on any atom is 0.324 e. The average molecular weight is 355 g/mol. The van der Waals surface area contributed by atoms with E-state index in [0.717, 1.165) is 43.6 Å². The molecule has 1 aliphatic rings. The molecule has 1 saturated heterocycles. The van der Waals surface area contributed by atoms with Crippen LogP contribution in [0.5, 0.6) is 0 Å². The molecule has 0 bridgehead atoms. The Kier molecular flexibility index (Phi) is 5.25. The van der Waals surface area contributed by atoms with E-state index in [1.807, 2.05) is 44.0 Å². The SMILES string of the molecule is CCc1cc(NC(=O)Nc2cccc(C)c2C(=O)N2CCCC2)nn1C. The number of aryl methyl sites for hydroxylation is 3. The minimum Gasteiger partial charge on any atom is -0.339 e. The van der Waals surface area contributed by atoms with Crippen molar-refractivity contribution in [3.8, 4) is 0 Å². The number of carbonyl (C=O) groups is 2. The highest BCUT2D eigenvalue weighted by molar-refractivity contribution is 6.07. The molecule has 0 atom stereocenters. The summed E-state index contributed by atoms with van der Waals surface area (Å²) in [5.41, 5.74) is 2.96. The molecular formula is C19H25N5O2. The topological polar surface area (TPSA) is 79.3 Å². The molecule has 26 heavy (non-hydrogen) atoms.